The van der Waals surface area contributed by atoms with Gasteiger partial charge in [0.1, 0.15) is 5.82 Å². The van der Waals surface area contributed by atoms with Crippen molar-refractivity contribution in [1.82, 2.24) is 19.6 Å². The van der Waals surface area contributed by atoms with Crippen LogP contribution in [0, 0.1) is 5.82 Å². The lowest BCUT2D eigenvalue weighted by atomic mass is 10.1. The van der Waals surface area contributed by atoms with Gasteiger partial charge in [0.2, 0.25) is 10.0 Å². The number of hydrogen-bond donors (Lipinski definition) is 2. The molecule has 0 spiro atoms. The van der Waals surface area contributed by atoms with Crippen LogP contribution in [0.5, 0.6) is 0 Å². The Hall–Kier alpha value is -3.82. The van der Waals surface area contributed by atoms with E-state index in [2.05, 4.69) is 15.0 Å². The van der Waals surface area contributed by atoms with Crippen molar-refractivity contribution >= 4 is 15.9 Å². The summed E-state index contributed by atoms with van der Waals surface area (Å²) in [6, 6.07) is 19.3. The predicted octanol–water partition coefficient (Wildman–Crippen LogP) is 3.48. The summed E-state index contributed by atoms with van der Waals surface area (Å²) in [6.45, 7) is 0.803. The van der Waals surface area contributed by atoms with Gasteiger partial charge >= 0.3 is 0 Å². The van der Waals surface area contributed by atoms with Crippen LogP contribution in [-0.2, 0) is 29.7 Å². The van der Waals surface area contributed by atoms with Crippen molar-refractivity contribution in [2.75, 3.05) is 0 Å². The van der Waals surface area contributed by atoms with Crippen LogP contribution in [0.2, 0.25) is 0 Å². The third-order valence-electron chi connectivity index (χ3n) is 5.16. The lowest BCUT2D eigenvalue weighted by Crippen LogP contribution is -2.24. The minimum atomic E-state index is -3.80. The number of nitrogens with one attached hydrogen (secondary N) is 2. The SMILES string of the molecule is O=C(NCc1cccc(S(=O)(=O)NCc2cccc(F)c2)c1)c1ccc(Cn2ccnc2)cc1. The highest BCUT2D eigenvalue weighted by Crippen LogP contribution is 2.13. The first-order valence-corrected chi connectivity index (χ1v) is 12.0. The molecule has 0 aliphatic rings. The molecule has 1 aromatic heterocycles. The second-order valence-corrected chi connectivity index (χ2v) is 9.48. The first-order valence-electron chi connectivity index (χ1n) is 10.5. The molecule has 2 N–H and O–H groups in total. The molecule has 4 aromatic rings. The van der Waals surface area contributed by atoms with E-state index in [9.17, 15) is 17.6 Å². The van der Waals surface area contributed by atoms with E-state index < -0.39 is 15.8 Å². The van der Waals surface area contributed by atoms with Gasteiger partial charge in [0.05, 0.1) is 11.2 Å². The number of carbonyl (C=O) groups excluding carboxylic acids is 1. The number of benzene rings is 3. The number of sulfonamides is 1. The molecule has 0 bridgehead atoms. The Morgan fingerprint density at radius 1 is 0.912 bits per heavy atom. The molecular weight excluding hydrogens is 455 g/mol. The molecule has 0 atom stereocenters. The molecule has 0 saturated carbocycles. The van der Waals surface area contributed by atoms with Gasteiger partial charge in [-0.05, 0) is 53.1 Å². The summed E-state index contributed by atoms with van der Waals surface area (Å²) in [5.41, 5.74) is 2.70. The fraction of sp³-hybridized carbons (Fsp3) is 0.120. The maximum Gasteiger partial charge on any atom is 0.251 e. The number of rotatable bonds is 9. The summed E-state index contributed by atoms with van der Waals surface area (Å²) in [5, 5.41) is 2.81. The van der Waals surface area contributed by atoms with Crippen molar-refractivity contribution in [3.05, 3.63) is 120 Å². The third kappa shape index (κ3) is 6.15. The fourth-order valence-electron chi connectivity index (χ4n) is 3.37. The van der Waals surface area contributed by atoms with E-state index in [1.54, 1.807) is 42.9 Å². The maximum absolute atomic E-state index is 13.3. The number of halogens is 1. The standard InChI is InChI=1S/C25H23FN4O3S/c26-23-5-1-3-20(13-23)16-29-34(32,33)24-6-2-4-21(14-24)15-28-25(31)22-9-7-19(8-10-22)17-30-12-11-27-18-30/h1-14,18,29H,15-17H2,(H,28,31). The molecule has 7 nitrogen and oxygen atoms in total. The highest BCUT2D eigenvalue weighted by Gasteiger charge is 2.15. The topological polar surface area (TPSA) is 93.1 Å². The summed E-state index contributed by atoms with van der Waals surface area (Å²) < 4.78 is 43.0. The summed E-state index contributed by atoms with van der Waals surface area (Å²) in [7, 11) is -3.80. The van der Waals surface area contributed by atoms with Crippen LogP contribution in [0.15, 0.2) is 96.4 Å². The predicted molar refractivity (Wildman–Crippen MR) is 126 cm³/mol. The van der Waals surface area contributed by atoms with Crippen molar-refractivity contribution in [2.24, 2.45) is 0 Å². The molecule has 34 heavy (non-hydrogen) atoms. The number of carbonyl (C=O) groups is 1. The summed E-state index contributed by atoms with van der Waals surface area (Å²) in [6.07, 6.45) is 5.31. The van der Waals surface area contributed by atoms with E-state index in [1.165, 1.54) is 30.3 Å². The molecule has 3 aromatic carbocycles. The molecular formula is C25H23FN4O3S. The molecule has 174 valence electrons. The number of amides is 1. The average Bonchev–Trinajstić information content (AvgIpc) is 3.35. The van der Waals surface area contributed by atoms with E-state index in [1.807, 2.05) is 22.9 Å². The van der Waals surface area contributed by atoms with Gasteiger partial charge in [-0.25, -0.2) is 22.5 Å². The molecule has 0 saturated heterocycles. The van der Waals surface area contributed by atoms with Gasteiger partial charge in [-0.15, -0.1) is 0 Å². The van der Waals surface area contributed by atoms with E-state index in [4.69, 9.17) is 0 Å². The normalized spacial score (nSPS) is 11.3. The Kier molecular flexibility index (Phi) is 7.15. The van der Waals surface area contributed by atoms with E-state index in [-0.39, 0.29) is 23.9 Å². The lowest BCUT2D eigenvalue weighted by molar-refractivity contribution is 0.0951. The quantitative estimate of drug-likeness (QED) is 0.385. The Labute approximate surface area is 197 Å². The highest BCUT2D eigenvalue weighted by molar-refractivity contribution is 7.89. The zero-order chi connectivity index (χ0) is 24.0. The monoisotopic (exact) mass is 478 g/mol. The van der Waals surface area contributed by atoms with Crippen molar-refractivity contribution in [3.63, 3.8) is 0 Å². The van der Waals surface area contributed by atoms with Crippen LogP contribution in [0.1, 0.15) is 27.0 Å². The molecule has 0 fully saturated rings. The highest BCUT2D eigenvalue weighted by atomic mass is 32.2. The molecule has 9 heteroatoms. The van der Waals surface area contributed by atoms with Gasteiger partial charge < -0.3 is 9.88 Å². The fourth-order valence-corrected chi connectivity index (χ4v) is 4.46. The Balaban J connectivity index is 1.35. The van der Waals surface area contributed by atoms with Gasteiger partial charge in [-0.1, -0.05) is 36.4 Å². The van der Waals surface area contributed by atoms with Crippen LogP contribution in [-0.4, -0.2) is 23.9 Å². The molecule has 0 radical (unpaired) electrons. The van der Waals surface area contributed by atoms with Crippen molar-refractivity contribution in [2.45, 2.75) is 24.5 Å². The smallest absolute Gasteiger partial charge is 0.251 e. The number of hydrogen-bond acceptors (Lipinski definition) is 4. The zero-order valence-electron chi connectivity index (χ0n) is 18.2. The number of imidazole rings is 1. The summed E-state index contributed by atoms with van der Waals surface area (Å²) in [5.74, 6) is -0.686. The molecule has 1 amide bonds. The van der Waals surface area contributed by atoms with Crippen molar-refractivity contribution < 1.29 is 17.6 Å². The molecule has 0 aliphatic heterocycles. The Morgan fingerprint density at radius 2 is 1.65 bits per heavy atom. The van der Waals surface area contributed by atoms with Gasteiger partial charge in [-0.2, -0.15) is 0 Å². The summed E-state index contributed by atoms with van der Waals surface area (Å²) >= 11 is 0. The van der Waals surface area contributed by atoms with Gasteiger partial charge in [0, 0.05) is 37.6 Å². The zero-order valence-corrected chi connectivity index (χ0v) is 19.0. The second kappa shape index (κ2) is 10.4. The number of aromatic nitrogens is 2. The van der Waals surface area contributed by atoms with Crippen molar-refractivity contribution in [1.29, 1.82) is 0 Å². The van der Waals surface area contributed by atoms with Crippen molar-refractivity contribution in [3.8, 4) is 0 Å². The molecule has 4 rings (SSSR count). The summed E-state index contributed by atoms with van der Waals surface area (Å²) in [4.78, 5) is 16.6. The van der Waals surface area contributed by atoms with Gasteiger partial charge in [-0.3, -0.25) is 4.79 Å². The van der Waals surface area contributed by atoms with Crippen LogP contribution >= 0.6 is 0 Å². The molecule has 0 unspecified atom stereocenters. The second-order valence-electron chi connectivity index (χ2n) is 7.72. The van der Waals surface area contributed by atoms with Crippen LogP contribution < -0.4 is 10.0 Å². The Morgan fingerprint density at radius 3 is 2.35 bits per heavy atom. The third-order valence-corrected chi connectivity index (χ3v) is 6.56. The van der Waals surface area contributed by atoms with E-state index in [0.29, 0.717) is 23.2 Å². The largest absolute Gasteiger partial charge is 0.348 e. The molecule has 0 aliphatic carbocycles. The van der Waals surface area contributed by atoms with Gasteiger partial charge in [0.15, 0.2) is 0 Å². The van der Waals surface area contributed by atoms with Crippen LogP contribution in [0.3, 0.4) is 0 Å². The lowest BCUT2D eigenvalue weighted by Gasteiger charge is -2.10. The van der Waals surface area contributed by atoms with E-state index in [0.717, 1.165) is 5.56 Å². The average molecular weight is 479 g/mol. The Bertz CT molecular complexity index is 1370. The van der Waals surface area contributed by atoms with E-state index >= 15 is 0 Å². The van der Waals surface area contributed by atoms with Gasteiger partial charge in [0.25, 0.3) is 5.91 Å². The maximum atomic E-state index is 13.3. The number of nitrogens with zero attached hydrogens (tertiary/aromatic N) is 2. The first-order chi connectivity index (χ1) is 16.4. The van der Waals surface area contributed by atoms with Crippen LogP contribution in [0.25, 0.3) is 0 Å². The molecule has 1 heterocycles. The first kappa shape index (κ1) is 23.3. The minimum absolute atomic E-state index is 0.0299. The van der Waals surface area contributed by atoms with Crippen LogP contribution in [0.4, 0.5) is 4.39 Å². The minimum Gasteiger partial charge on any atom is -0.348 e.